The zero-order valence-electron chi connectivity index (χ0n) is 11.3. The van der Waals surface area contributed by atoms with Gasteiger partial charge in [0.1, 0.15) is 17.2 Å². The monoisotopic (exact) mass is 289 g/mol. The maximum Gasteiger partial charge on any atom is 0.329 e. The van der Waals surface area contributed by atoms with Crippen molar-refractivity contribution in [2.24, 2.45) is 0 Å². The molecule has 0 radical (unpaired) electrons. The molecule has 0 amide bonds. The molecule has 0 unspecified atom stereocenters. The van der Waals surface area contributed by atoms with Crippen molar-refractivity contribution < 1.29 is 14.8 Å². The number of hydrogen-bond donors (Lipinski definition) is 2. The maximum atomic E-state index is 11.6. The topological polar surface area (TPSA) is 116 Å². The molecule has 1 aliphatic rings. The summed E-state index contributed by atoms with van der Waals surface area (Å²) in [7, 11) is 0. The maximum absolute atomic E-state index is 11.6. The Morgan fingerprint density at radius 1 is 1.38 bits per heavy atom. The first-order chi connectivity index (χ1) is 9.98. The zero-order chi connectivity index (χ0) is 15.5. The first kappa shape index (κ1) is 14.8. The summed E-state index contributed by atoms with van der Waals surface area (Å²) in [5, 5.41) is 32.2. The average molecular weight is 289 g/mol. The fourth-order valence-electron chi connectivity index (χ4n) is 2.69. The summed E-state index contributed by atoms with van der Waals surface area (Å²) < 4.78 is 0. The van der Waals surface area contributed by atoms with Crippen LogP contribution in [0, 0.1) is 21.4 Å². The van der Waals surface area contributed by atoms with Crippen LogP contribution in [-0.2, 0) is 4.79 Å². The minimum atomic E-state index is -1.05. The van der Waals surface area contributed by atoms with Crippen LogP contribution >= 0.6 is 0 Å². The molecule has 2 rings (SSSR count). The predicted molar refractivity (Wildman–Crippen MR) is 74.9 cm³/mol. The molecular weight excluding hydrogens is 274 g/mol. The number of nitro groups is 1. The zero-order valence-corrected chi connectivity index (χ0v) is 11.3. The summed E-state index contributed by atoms with van der Waals surface area (Å²) in [4.78, 5) is 21.7. The highest BCUT2D eigenvalue weighted by atomic mass is 16.6. The molecule has 2 N–H and O–H groups in total. The standard InChI is InChI=1S/C14H15N3O4/c15-9-10-8-11(4-5-12(10)17(20)21)16-14(13(18)19)6-2-1-3-7-14/h4-5,8,16H,1-3,6-7H2,(H,18,19). The SMILES string of the molecule is N#Cc1cc(NC2(C(=O)O)CCCCC2)ccc1[N+](=O)[O-]. The lowest BCUT2D eigenvalue weighted by molar-refractivity contribution is -0.385. The Kier molecular flexibility index (Phi) is 4.08. The number of nitriles is 1. The number of carboxylic acids is 1. The van der Waals surface area contributed by atoms with E-state index in [1.165, 1.54) is 18.2 Å². The summed E-state index contributed by atoms with van der Waals surface area (Å²) in [6.45, 7) is 0. The van der Waals surface area contributed by atoms with E-state index >= 15 is 0 Å². The second kappa shape index (κ2) is 5.79. The first-order valence-corrected chi connectivity index (χ1v) is 6.69. The summed E-state index contributed by atoms with van der Waals surface area (Å²) in [5.74, 6) is -0.931. The summed E-state index contributed by atoms with van der Waals surface area (Å²) >= 11 is 0. The summed E-state index contributed by atoms with van der Waals surface area (Å²) in [5.41, 5.74) is -1.000. The fraction of sp³-hybridized carbons (Fsp3) is 0.429. The molecule has 1 fully saturated rings. The third kappa shape index (κ3) is 2.94. The number of rotatable bonds is 4. The van der Waals surface area contributed by atoms with E-state index in [1.807, 2.05) is 0 Å². The average Bonchev–Trinajstić information content (AvgIpc) is 2.47. The van der Waals surface area contributed by atoms with Crippen molar-refractivity contribution in [3.8, 4) is 6.07 Å². The molecule has 0 heterocycles. The second-order valence-corrected chi connectivity index (χ2v) is 5.17. The number of hydrogen-bond acceptors (Lipinski definition) is 5. The number of benzene rings is 1. The van der Waals surface area contributed by atoms with Crippen LogP contribution < -0.4 is 5.32 Å². The van der Waals surface area contributed by atoms with Gasteiger partial charge in [0.05, 0.1) is 4.92 Å². The molecule has 1 aliphatic carbocycles. The van der Waals surface area contributed by atoms with Crippen LogP contribution in [0.5, 0.6) is 0 Å². The first-order valence-electron chi connectivity index (χ1n) is 6.69. The van der Waals surface area contributed by atoms with Crippen LogP contribution in [0.3, 0.4) is 0 Å². The van der Waals surface area contributed by atoms with Gasteiger partial charge in [-0.05, 0) is 25.0 Å². The molecule has 0 saturated heterocycles. The van der Waals surface area contributed by atoms with Crippen molar-refractivity contribution in [2.45, 2.75) is 37.6 Å². The third-order valence-electron chi connectivity index (χ3n) is 3.81. The Labute approximate surface area is 121 Å². The third-order valence-corrected chi connectivity index (χ3v) is 3.81. The Morgan fingerprint density at radius 2 is 2.05 bits per heavy atom. The van der Waals surface area contributed by atoms with Gasteiger partial charge in [0, 0.05) is 11.8 Å². The molecule has 0 spiro atoms. The summed E-state index contributed by atoms with van der Waals surface area (Å²) in [6, 6.07) is 5.76. The highest BCUT2D eigenvalue weighted by molar-refractivity contribution is 5.83. The normalized spacial score (nSPS) is 16.7. The van der Waals surface area contributed by atoms with E-state index in [9.17, 15) is 20.0 Å². The fourth-order valence-corrected chi connectivity index (χ4v) is 2.69. The molecule has 0 aliphatic heterocycles. The highest BCUT2D eigenvalue weighted by Crippen LogP contribution is 2.33. The van der Waals surface area contributed by atoms with Crippen molar-refractivity contribution in [3.05, 3.63) is 33.9 Å². The van der Waals surface area contributed by atoms with Gasteiger partial charge in [-0.2, -0.15) is 5.26 Å². The summed E-state index contributed by atoms with van der Waals surface area (Å²) in [6.07, 6.45) is 3.64. The lowest BCUT2D eigenvalue weighted by Crippen LogP contribution is -2.47. The van der Waals surface area contributed by atoms with Gasteiger partial charge >= 0.3 is 5.97 Å². The minimum absolute atomic E-state index is 0.0821. The number of anilines is 1. The van der Waals surface area contributed by atoms with E-state index in [1.54, 1.807) is 6.07 Å². The van der Waals surface area contributed by atoms with E-state index in [-0.39, 0.29) is 11.3 Å². The van der Waals surface area contributed by atoms with Gasteiger partial charge in [-0.15, -0.1) is 0 Å². The van der Waals surface area contributed by atoms with Crippen LogP contribution in [0.15, 0.2) is 18.2 Å². The Hall–Kier alpha value is -2.62. The highest BCUT2D eigenvalue weighted by Gasteiger charge is 2.39. The van der Waals surface area contributed by atoms with Crippen molar-refractivity contribution in [1.29, 1.82) is 5.26 Å². The molecule has 1 aromatic carbocycles. The molecule has 21 heavy (non-hydrogen) atoms. The van der Waals surface area contributed by atoms with Crippen LogP contribution in [0.4, 0.5) is 11.4 Å². The molecule has 1 aromatic rings. The Balaban J connectivity index is 2.32. The van der Waals surface area contributed by atoms with Gasteiger partial charge in [-0.1, -0.05) is 19.3 Å². The number of carbonyl (C=O) groups is 1. The van der Waals surface area contributed by atoms with Gasteiger partial charge in [0.2, 0.25) is 0 Å². The largest absolute Gasteiger partial charge is 0.480 e. The van der Waals surface area contributed by atoms with Gasteiger partial charge in [0.25, 0.3) is 5.69 Å². The quantitative estimate of drug-likeness (QED) is 0.650. The van der Waals surface area contributed by atoms with Crippen LogP contribution in [0.2, 0.25) is 0 Å². The van der Waals surface area contributed by atoms with Crippen LogP contribution in [0.25, 0.3) is 0 Å². The molecule has 1 saturated carbocycles. The van der Waals surface area contributed by atoms with Crippen molar-refractivity contribution >= 4 is 17.3 Å². The van der Waals surface area contributed by atoms with Crippen LogP contribution in [0.1, 0.15) is 37.7 Å². The lowest BCUT2D eigenvalue weighted by atomic mass is 9.81. The van der Waals surface area contributed by atoms with Crippen molar-refractivity contribution in [1.82, 2.24) is 0 Å². The van der Waals surface area contributed by atoms with Gasteiger partial charge in [0.15, 0.2) is 0 Å². The van der Waals surface area contributed by atoms with E-state index in [2.05, 4.69) is 5.32 Å². The van der Waals surface area contributed by atoms with Gasteiger partial charge in [-0.3, -0.25) is 10.1 Å². The number of carboxylic acid groups (broad SMARTS) is 1. The smallest absolute Gasteiger partial charge is 0.329 e. The van der Waals surface area contributed by atoms with E-state index < -0.39 is 16.4 Å². The van der Waals surface area contributed by atoms with Crippen molar-refractivity contribution in [3.63, 3.8) is 0 Å². The minimum Gasteiger partial charge on any atom is -0.480 e. The predicted octanol–water partition coefficient (Wildman–Crippen LogP) is 2.67. The number of nitro benzene ring substituents is 1. The van der Waals surface area contributed by atoms with E-state index in [0.717, 1.165) is 19.3 Å². The van der Waals surface area contributed by atoms with E-state index in [4.69, 9.17) is 5.26 Å². The molecule has 7 heteroatoms. The molecule has 0 aromatic heterocycles. The Bertz CT molecular complexity index is 615. The number of aliphatic carboxylic acids is 1. The Morgan fingerprint density at radius 3 is 2.57 bits per heavy atom. The molecule has 0 atom stereocenters. The van der Waals surface area contributed by atoms with Gasteiger partial charge < -0.3 is 10.4 Å². The van der Waals surface area contributed by atoms with Crippen LogP contribution in [-0.4, -0.2) is 21.5 Å². The lowest BCUT2D eigenvalue weighted by Gasteiger charge is -2.34. The molecule has 7 nitrogen and oxygen atoms in total. The van der Waals surface area contributed by atoms with E-state index in [0.29, 0.717) is 18.5 Å². The number of nitrogens with zero attached hydrogens (tertiary/aromatic N) is 2. The van der Waals surface area contributed by atoms with Gasteiger partial charge in [-0.25, -0.2) is 4.79 Å². The second-order valence-electron chi connectivity index (χ2n) is 5.17. The molecule has 0 bridgehead atoms. The number of nitrogens with one attached hydrogen (secondary N) is 1. The molecular formula is C14H15N3O4. The molecule has 110 valence electrons. The van der Waals surface area contributed by atoms with Crippen molar-refractivity contribution in [2.75, 3.05) is 5.32 Å².